The Morgan fingerprint density at radius 3 is 2.65 bits per heavy atom. The normalized spacial score (nSPS) is 13.2. The molecule has 1 N–H and O–H groups in total. The van der Waals surface area contributed by atoms with Gasteiger partial charge in [-0.3, -0.25) is 4.79 Å². The molecule has 1 atom stereocenters. The van der Waals surface area contributed by atoms with Crippen molar-refractivity contribution in [2.45, 2.75) is 19.2 Å². The molecule has 1 unspecified atom stereocenters. The molecular weight excluding hydrogens is 331 g/mol. The maximum absolute atomic E-state index is 12.4. The zero-order chi connectivity index (χ0) is 17.4. The van der Waals surface area contributed by atoms with E-state index in [0.29, 0.717) is 16.2 Å². The Balaban J connectivity index is 2.29. The second kappa shape index (κ2) is 6.37. The predicted octanol–water partition coefficient (Wildman–Crippen LogP) is 3.21. The number of ether oxygens (including phenoxy) is 1. The molecule has 1 amide bonds. The van der Waals surface area contributed by atoms with E-state index < -0.39 is 24.7 Å². The lowest BCUT2D eigenvalue weighted by atomic mass is 10.1. The summed E-state index contributed by atoms with van der Waals surface area (Å²) in [6.07, 6.45) is -7.32. The minimum Gasteiger partial charge on any atom is -0.497 e. The summed E-state index contributed by atoms with van der Waals surface area (Å²) >= 11 is 1.20. The van der Waals surface area contributed by atoms with Crippen LogP contribution >= 0.6 is 11.3 Å². The van der Waals surface area contributed by atoms with Crippen LogP contribution in [0, 0.1) is 6.92 Å². The molecule has 4 nitrogen and oxygen atoms in total. The van der Waals surface area contributed by atoms with Crippen LogP contribution in [0.4, 0.5) is 13.2 Å². The molecule has 2 aromatic rings. The Hall–Kier alpha value is -1.80. The van der Waals surface area contributed by atoms with Gasteiger partial charge in [-0.1, -0.05) is 0 Å². The topological polar surface area (TPSA) is 49.8 Å². The van der Waals surface area contributed by atoms with Crippen molar-refractivity contribution in [2.24, 2.45) is 0 Å². The van der Waals surface area contributed by atoms with Gasteiger partial charge in [0, 0.05) is 11.7 Å². The van der Waals surface area contributed by atoms with Gasteiger partial charge in [-0.15, -0.1) is 11.3 Å². The highest BCUT2D eigenvalue weighted by atomic mass is 32.1. The molecule has 0 saturated heterocycles. The zero-order valence-corrected chi connectivity index (χ0v) is 13.6. The number of halogens is 3. The van der Waals surface area contributed by atoms with Gasteiger partial charge >= 0.3 is 6.18 Å². The standard InChI is InChI=1S/C15H16F3NO3S/c1-8-10-6-9(22-3)4-5-11(10)23-13(8)14(21)19(2)7-12(20)15(16,17)18/h4-6,12,20H,7H2,1-3H3. The van der Waals surface area contributed by atoms with E-state index in [1.165, 1.54) is 25.5 Å². The number of carbonyl (C=O) groups excluding carboxylic acids is 1. The molecule has 1 aromatic carbocycles. The number of aliphatic hydroxyl groups excluding tert-OH is 1. The van der Waals surface area contributed by atoms with Crippen molar-refractivity contribution in [1.82, 2.24) is 4.90 Å². The van der Waals surface area contributed by atoms with Gasteiger partial charge < -0.3 is 14.7 Å². The number of thiophene rings is 1. The first-order valence-corrected chi connectivity index (χ1v) is 7.54. The first-order chi connectivity index (χ1) is 10.6. The van der Waals surface area contributed by atoms with Crippen LogP contribution in [0.15, 0.2) is 18.2 Å². The number of fused-ring (bicyclic) bond motifs is 1. The summed E-state index contributed by atoms with van der Waals surface area (Å²) in [7, 11) is 2.77. The minimum atomic E-state index is -4.75. The number of methoxy groups -OCH3 is 1. The first kappa shape index (κ1) is 17.6. The summed E-state index contributed by atoms with van der Waals surface area (Å²) in [5.74, 6) is 0.0872. The highest BCUT2D eigenvalue weighted by molar-refractivity contribution is 7.21. The monoisotopic (exact) mass is 347 g/mol. The number of aliphatic hydroxyl groups is 1. The molecule has 1 aromatic heterocycles. The van der Waals surface area contributed by atoms with Crippen LogP contribution in [0.3, 0.4) is 0 Å². The number of hydrogen-bond acceptors (Lipinski definition) is 4. The molecule has 1 heterocycles. The van der Waals surface area contributed by atoms with Crippen molar-refractivity contribution >= 4 is 27.3 Å². The van der Waals surface area contributed by atoms with Crippen LogP contribution in [-0.4, -0.2) is 48.9 Å². The second-order valence-corrected chi connectivity index (χ2v) is 6.21. The first-order valence-electron chi connectivity index (χ1n) is 6.72. The summed E-state index contributed by atoms with van der Waals surface area (Å²) in [5, 5.41) is 9.92. The molecule has 126 valence electrons. The van der Waals surface area contributed by atoms with Gasteiger partial charge in [0.1, 0.15) is 5.75 Å². The molecule has 8 heteroatoms. The van der Waals surface area contributed by atoms with Gasteiger partial charge in [-0.2, -0.15) is 13.2 Å². The van der Waals surface area contributed by atoms with Gasteiger partial charge in [-0.25, -0.2) is 0 Å². The van der Waals surface area contributed by atoms with Crippen molar-refractivity contribution in [1.29, 1.82) is 0 Å². The third kappa shape index (κ3) is 3.59. The van der Waals surface area contributed by atoms with Crippen LogP contribution in [0.2, 0.25) is 0 Å². The van der Waals surface area contributed by atoms with Crippen molar-refractivity contribution < 1.29 is 27.8 Å². The van der Waals surface area contributed by atoms with Gasteiger partial charge in [0.15, 0.2) is 6.10 Å². The van der Waals surface area contributed by atoms with E-state index in [9.17, 15) is 18.0 Å². The number of alkyl halides is 3. The molecule has 0 aliphatic carbocycles. The van der Waals surface area contributed by atoms with Crippen LogP contribution in [0.1, 0.15) is 15.2 Å². The SMILES string of the molecule is COc1ccc2sc(C(=O)N(C)CC(O)C(F)(F)F)c(C)c2c1. The summed E-state index contributed by atoms with van der Waals surface area (Å²) < 4.78 is 43.2. The molecule has 0 radical (unpaired) electrons. The van der Waals surface area contributed by atoms with Crippen LogP contribution in [-0.2, 0) is 0 Å². The fourth-order valence-corrected chi connectivity index (χ4v) is 3.33. The van der Waals surface area contributed by atoms with Crippen LogP contribution < -0.4 is 4.74 Å². The number of hydrogen-bond donors (Lipinski definition) is 1. The summed E-state index contributed by atoms with van der Waals surface area (Å²) in [5.41, 5.74) is 0.683. The maximum Gasteiger partial charge on any atom is 0.416 e. The van der Waals surface area contributed by atoms with Crippen LogP contribution in [0.25, 0.3) is 10.1 Å². The maximum atomic E-state index is 12.4. The lowest BCUT2D eigenvalue weighted by molar-refractivity contribution is -0.205. The van der Waals surface area contributed by atoms with E-state index in [-0.39, 0.29) is 0 Å². The average molecular weight is 347 g/mol. The molecule has 0 bridgehead atoms. The lowest BCUT2D eigenvalue weighted by Crippen LogP contribution is -2.41. The average Bonchev–Trinajstić information content (AvgIpc) is 2.81. The summed E-state index contributed by atoms with van der Waals surface area (Å²) in [4.78, 5) is 13.6. The van der Waals surface area contributed by atoms with Crippen molar-refractivity contribution in [2.75, 3.05) is 20.7 Å². The third-order valence-electron chi connectivity index (χ3n) is 3.51. The Bertz CT molecular complexity index is 727. The Labute approximate surface area is 135 Å². The molecule has 23 heavy (non-hydrogen) atoms. The molecule has 0 saturated carbocycles. The molecule has 0 fully saturated rings. The number of rotatable bonds is 4. The van der Waals surface area contributed by atoms with E-state index in [1.807, 2.05) is 0 Å². The lowest BCUT2D eigenvalue weighted by Gasteiger charge is -2.22. The van der Waals surface area contributed by atoms with E-state index in [4.69, 9.17) is 9.84 Å². The fourth-order valence-electron chi connectivity index (χ4n) is 2.15. The Morgan fingerprint density at radius 1 is 1.43 bits per heavy atom. The van der Waals surface area contributed by atoms with Crippen molar-refractivity contribution in [3.63, 3.8) is 0 Å². The number of nitrogens with zero attached hydrogens (tertiary/aromatic N) is 1. The number of benzene rings is 1. The molecule has 0 aliphatic heterocycles. The number of likely N-dealkylation sites (N-methyl/N-ethyl adjacent to an activating group) is 1. The Morgan fingerprint density at radius 2 is 2.09 bits per heavy atom. The van der Waals surface area contributed by atoms with Crippen molar-refractivity contribution in [3.05, 3.63) is 28.6 Å². The third-order valence-corrected chi connectivity index (χ3v) is 4.77. The number of carbonyl (C=O) groups is 1. The second-order valence-electron chi connectivity index (χ2n) is 5.16. The summed E-state index contributed by atoms with van der Waals surface area (Å²) in [6, 6.07) is 5.33. The smallest absolute Gasteiger partial charge is 0.416 e. The molecule has 0 aliphatic rings. The summed E-state index contributed by atoms with van der Waals surface area (Å²) in [6.45, 7) is 0.929. The van der Waals surface area contributed by atoms with Gasteiger partial charge in [0.25, 0.3) is 5.91 Å². The minimum absolute atomic E-state index is 0.352. The van der Waals surface area contributed by atoms with Crippen molar-refractivity contribution in [3.8, 4) is 5.75 Å². The highest BCUT2D eigenvalue weighted by Crippen LogP contribution is 2.34. The van der Waals surface area contributed by atoms with Gasteiger partial charge in [-0.05, 0) is 36.1 Å². The zero-order valence-electron chi connectivity index (χ0n) is 12.8. The van der Waals surface area contributed by atoms with E-state index in [1.54, 1.807) is 25.1 Å². The highest BCUT2D eigenvalue weighted by Gasteiger charge is 2.39. The van der Waals surface area contributed by atoms with Gasteiger partial charge in [0.2, 0.25) is 0 Å². The quantitative estimate of drug-likeness (QED) is 0.924. The fraction of sp³-hybridized carbons (Fsp3) is 0.400. The predicted molar refractivity (Wildman–Crippen MR) is 82.1 cm³/mol. The van der Waals surface area contributed by atoms with Crippen LogP contribution in [0.5, 0.6) is 5.75 Å². The molecule has 0 spiro atoms. The number of aryl methyl sites for hydroxylation is 1. The largest absolute Gasteiger partial charge is 0.497 e. The molecular formula is C15H16F3NO3S. The van der Waals surface area contributed by atoms with E-state index in [0.717, 1.165) is 15.0 Å². The number of amides is 1. The van der Waals surface area contributed by atoms with E-state index >= 15 is 0 Å². The van der Waals surface area contributed by atoms with Gasteiger partial charge in [0.05, 0.1) is 18.5 Å². The van der Waals surface area contributed by atoms with E-state index in [2.05, 4.69) is 0 Å². The Kier molecular flexibility index (Phi) is 4.86. The molecule has 2 rings (SSSR count).